The number of hydrogen-bond acceptors (Lipinski definition) is 2. The summed E-state index contributed by atoms with van der Waals surface area (Å²) in [6, 6.07) is 0. The first kappa shape index (κ1) is 14.0. The Hall–Kier alpha value is -1.06. The third kappa shape index (κ3) is 4.75. The molecule has 1 aliphatic rings. The smallest absolute Gasteiger partial charge is 0.224 e. The first-order chi connectivity index (χ1) is 8.15. The van der Waals surface area contributed by atoms with Crippen LogP contribution >= 0.6 is 0 Å². The molecule has 1 rings (SSSR count). The van der Waals surface area contributed by atoms with Gasteiger partial charge in [0, 0.05) is 26.6 Å². The number of carbonyl (C=O) groups is 2. The Morgan fingerprint density at radius 1 is 1.35 bits per heavy atom. The van der Waals surface area contributed by atoms with Crippen molar-refractivity contribution in [2.45, 2.75) is 46.0 Å². The van der Waals surface area contributed by atoms with Crippen LogP contribution in [0.1, 0.15) is 46.0 Å². The molecule has 0 bridgehead atoms. The van der Waals surface area contributed by atoms with Gasteiger partial charge >= 0.3 is 0 Å². The lowest BCUT2D eigenvalue weighted by Crippen LogP contribution is -2.44. The van der Waals surface area contributed by atoms with E-state index in [1.54, 1.807) is 11.8 Å². The van der Waals surface area contributed by atoms with E-state index in [0.717, 1.165) is 45.2 Å². The molecule has 1 atom stereocenters. The van der Waals surface area contributed by atoms with E-state index in [9.17, 15) is 9.59 Å². The van der Waals surface area contributed by atoms with Gasteiger partial charge in [0.15, 0.2) is 0 Å². The molecule has 0 aliphatic carbocycles. The quantitative estimate of drug-likeness (QED) is 0.741. The summed E-state index contributed by atoms with van der Waals surface area (Å²) in [5.74, 6) is 0.190. The lowest BCUT2D eigenvalue weighted by molar-refractivity contribution is -0.133. The first-order valence-corrected chi connectivity index (χ1v) is 6.68. The van der Waals surface area contributed by atoms with E-state index in [-0.39, 0.29) is 17.7 Å². The maximum absolute atomic E-state index is 11.9. The molecule has 1 saturated heterocycles. The highest BCUT2D eigenvalue weighted by molar-refractivity contribution is 5.80. The monoisotopic (exact) mass is 240 g/mol. The summed E-state index contributed by atoms with van der Waals surface area (Å²) in [6.45, 7) is 5.88. The molecule has 4 nitrogen and oxygen atoms in total. The van der Waals surface area contributed by atoms with Crippen LogP contribution in [-0.2, 0) is 9.59 Å². The Kier molecular flexibility index (Phi) is 6.01. The lowest BCUT2D eigenvalue weighted by atomic mass is 9.97. The van der Waals surface area contributed by atoms with Crippen molar-refractivity contribution < 1.29 is 9.59 Å². The number of nitrogens with one attached hydrogen (secondary N) is 1. The van der Waals surface area contributed by atoms with Gasteiger partial charge < -0.3 is 10.2 Å². The van der Waals surface area contributed by atoms with Crippen LogP contribution in [0, 0.1) is 5.92 Å². The number of nitrogens with zero attached hydrogens (tertiary/aromatic N) is 1. The average molecular weight is 240 g/mol. The van der Waals surface area contributed by atoms with E-state index in [1.807, 2.05) is 0 Å². The van der Waals surface area contributed by atoms with E-state index in [1.165, 1.54) is 0 Å². The second-order valence-electron chi connectivity index (χ2n) is 4.80. The first-order valence-electron chi connectivity index (χ1n) is 6.68. The normalized spacial score (nSPS) is 20.1. The highest BCUT2D eigenvalue weighted by Crippen LogP contribution is 2.16. The second-order valence-corrected chi connectivity index (χ2v) is 4.80. The predicted molar refractivity (Wildman–Crippen MR) is 67.5 cm³/mol. The molecular weight excluding hydrogens is 216 g/mol. The van der Waals surface area contributed by atoms with Crippen LogP contribution < -0.4 is 5.32 Å². The van der Waals surface area contributed by atoms with Gasteiger partial charge in [-0.25, -0.2) is 0 Å². The minimum atomic E-state index is -0.00530. The van der Waals surface area contributed by atoms with Gasteiger partial charge in [-0.3, -0.25) is 9.59 Å². The molecule has 1 fully saturated rings. The molecule has 2 amide bonds. The number of likely N-dealkylation sites (tertiary alicyclic amines) is 1. The number of piperidine rings is 1. The maximum atomic E-state index is 11.9. The predicted octanol–water partition coefficient (Wildman–Crippen LogP) is 1.55. The van der Waals surface area contributed by atoms with Crippen molar-refractivity contribution >= 4 is 11.8 Å². The van der Waals surface area contributed by atoms with Crippen LogP contribution in [0.2, 0.25) is 0 Å². The molecule has 0 saturated carbocycles. The summed E-state index contributed by atoms with van der Waals surface area (Å²) in [5.41, 5.74) is 0. The van der Waals surface area contributed by atoms with Gasteiger partial charge in [0.25, 0.3) is 0 Å². The van der Waals surface area contributed by atoms with Crippen molar-refractivity contribution in [2.75, 3.05) is 19.6 Å². The number of carbonyl (C=O) groups excluding carboxylic acids is 2. The van der Waals surface area contributed by atoms with Crippen molar-refractivity contribution in [3.8, 4) is 0 Å². The number of rotatable bonds is 5. The zero-order chi connectivity index (χ0) is 12.7. The molecule has 0 aromatic heterocycles. The lowest BCUT2D eigenvalue weighted by Gasteiger charge is -2.31. The van der Waals surface area contributed by atoms with Crippen molar-refractivity contribution in [3.05, 3.63) is 0 Å². The number of unbranched alkanes of at least 4 members (excludes halogenated alkanes) is 2. The summed E-state index contributed by atoms with van der Waals surface area (Å²) in [5, 5.41) is 2.97. The molecular formula is C13H24N2O2. The number of amides is 2. The van der Waals surface area contributed by atoms with E-state index in [0.29, 0.717) is 6.54 Å². The molecule has 0 aromatic rings. The van der Waals surface area contributed by atoms with Crippen LogP contribution in [-0.4, -0.2) is 36.3 Å². The molecule has 1 heterocycles. The van der Waals surface area contributed by atoms with Crippen LogP contribution in [0.15, 0.2) is 0 Å². The molecule has 0 spiro atoms. The molecule has 0 aromatic carbocycles. The fraction of sp³-hybridized carbons (Fsp3) is 0.846. The Morgan fingerprint density at radius 3 is 2.76 bits per heavy atom. The average Bonchev–Trinajstić information content (AvgIpc) is 2.34. The summed E-state index contributed by atoms with van der Waals surface area (Å²) < 4.78 is 0. The van der Waals surface area contributed by atoms with Gasteiger partial charge in [0.2, 0.25) is 11.8 Å². The van der Waals surface area contributed by atoms with Gasteiger partial charge in [-0.2, -0.15) is 0 Å². The van der Waals surface area contributed by atoms with Gasteiger partial charge in [-0.1, -0.05) is 19.8 Å². The van der Waals surface area contributed by atoms with Gasteiger partial charge in [0.05, 0.1) is 5.92 Å². The molecule has 98 valence electrons. The Bertz CT molecular complexity index is 266. The SMILES string of the molecule is CCCCCNC(=O)C1CCCN(C(C)=O)C1. The third-order valence-corrected chi connectivity index (χ3v) is 3.32. The minimum absolute atomic E-state index is 0.00530. The molecule has 1 N–H and O–H groups in total. The highest BCUT2D eigenvalue weighted by Gasteiger charge is 2.26. The topological polar surface area (TPSA) is 49.4 Å². The standard InChI is InChI=1S/C13H24N2O2/c1-3-4-5-8-14-13(17)12-7-6-9-15(10-12)11(2)16/h12H,3-10H2,1-2H3,(H,14,17). The zero-order valence-corrected chi connectivity index (χ0v) is 11.0. The molecule has 1 unspecified atom stereocenters. The van der Waals surface area contributed by atoms with Crippen molar-refractivity contribution in [2.24, 2.45) is 5.92 Å². The van der Waals surface area contributed by atoms with Gasteiger partial charge in [0.1, 0.15) is 0 Å². The van der Waals surface area contributed by atoms with Gasteiger partial charge in [-0.15, -0.1) is 0 Å². The zero-order valence-electron chi connectivity index (χ0n) is 11.0. The Labute approximate surface area is 104 Å². The second kappa shape index (κ2) is 7.30. The van der Waals surface area contributed by atoms with Crippen LogP contribution in [0.25, 0.3) is 0 Å². The summed E-state index contributed by atoms with van der Waals surface area (Å²) in [7, 11) is 0. The van der Waals surface area contributed by atoms with E-state index < -0.39 is 0 Å². The van der Waals surface area contributed by atoms with Gasteiger partial charge in [-0.05, 0) is 19.3 Å². The van der Waals surface area contributed by atoms with E-state index >= 15 is 0 Å². The van der Waals surface area contributed by atoms with Crippen molar-refractivity contribution in [1.82, 2.24) is 10.2 Å². The van der Waals surface area contributed by atoms with E-state index in [4.69, 9.17) is 0 Å². The van der Waals surface area contributed by atoms with Crippen molar-refractivity contribution in [3.63, 3.8) is 0 Å². The molecule has 1 aliphatic heterocycles. The summed E-state index contributed by atoms with van der Waals surface area (Å²) >= 11 is 0. The van der Waals surface area contributed by atoms with Crippen LogP contribution in [0.5, 0.6) is 0 Å². The Morgan fingerprint density at radius 2 is 2.12 bits per heavy atom. The maximum Gasteiger partial charge on any atom is 0.224 e. The minimum Gasteiger partial charge on any atom is -0.356 e. The molecule has 17 heavy (non-hydrogen) atoms. The van der Waals surface area contributed by atoms with Crippen LogP contribution in [0.4, 0.5) is 0 Å². The largest absolute Gasteiger partial charge is 0.356 e. The molecule has 4 heteroatoms. The van der Waals surface area contributed by atoms with Crippen LogP contribution in [0.3, 0.4) is 0 Å². The summed E-state index contributed by atoms with van der Waals surface area (Å²) in [4.78, 5) is 24.9. The fourth-order valence-electron chi connectivity index (χ4n) is 2.21. The number of hydrogen-bond donors (Lipinski definition) is 1. The highest BCUT2D eigenvalue weighted by atomic mass is 16.2. The van der Waals surface area contributed by atoms with E-state index in [2.05, 4.69) is 12.2 Å². The Balaban J connectivity index is 2.28. The fourth-order valence-corrected chi connectivity index (χ4v) is 2.21. The summed E-state index contributed by atoms with van der Waals surface area (Å²) in [6.07, 6.45) is 5.21. The molecule has 0 radical (unpaired) electrons. The third-order valence-electron chi connectivity index (χ3n) is 3.32. The van der Waals surface area contributed by atoms with Crippen molar-refractivity contribution in [1.29, 1.82) is 0 Å².